The van der Waals surface area contributed by atoms with Crippen LogP contribution in [0.1, 0.15) is 52.4 Å². The molecular formula is C23H35N3O4. The average Bonchev–Trinajstić information content (AvgIpc) is 3.20. The van der Waals surface area contributed by atoms with Gasteiger partial charge in [0.25, 0.3) is 0 Å². The van der Waals surface area contributed by atoms with Gasteiger partial charge in [0.2, 0.25) is 11.8 Å². The summed E-state index contributed by atoms with van der Waals surface area (Å²) in [6.45, 7) is 6.30. The molecular weight excluding hydrogens is 382 g/mol. The molecule has 7 heteroatoms. The van der Waals surface area contributed by atoms with Crippen molar-refractivity contribution < 1.29 is 19.1 Å². The Bertz CT molecular complexity index is 746. The first-order chi connectivity index (χ1) is 14.4. The third kappa shape index (κ3) is 5.58. The van der Waals surface area contributed by atoms with Gasteiger partial charge in [-0.25, -0.2) is 0 Å². The lowest BCUT2D eigenvalue weighted by molar-refractivity contribution is -0.137. The lowest BCUT2D eigenvalue weighted by Crippen LogP contribution is -2.56. The number of carbonyl (C=O) groups excluding carboxylic acids is 2. The Morgan fingerprint density at radius 3 is 2.53 bits per heavy atom. The second-order valence-electron chi connectivity index (χ2n) is 8.82. The molecule has 166 valence electrons. The number of hydrogen-bond donors (Lipinski definition) is 1. The Balaban J connectivity index is 1.76. The van der Waals surface area contributed by atoms with Crippen LogP contribution in [0.5, 0.6) is 11.5 Å². The molecule has 1 aliphatic carbocycles. The van der Waals surface area contributed by atoms with Gasteiger partial charge in [-0.2, -0.15) is 0 Å². The Morgan fingerprint density at radius 1 is 1.17 bits per heavy atom. The third-order valence-corrected chi connectivity index (χ3v) is 5.98. The number of rotatable bonds is 8. The van der Waals surface area contributed by atoms with E-state index in [0.717, 1.165) is 43.0 Å². The highest BCUT2D eigenvalue weighted by Crippen LogP contribution is 2.36. The summed E-state index contributed by atoms with van der Waals surface area (Å²) in [6.07, 6.45) is 5.51. The van der Waals surface area contributed by atoms with Gasteiger partial charge in [-0.15, -0.1) is 0 Å². The van der Waals surface area contributed by atoms with Crippen molar-refractivity contribution in [2.24, 2.45) is 11.7 Å². The van der Waals surface area contributed by atoms with Crippen LogP contribution >= 0.6 is 0 Å². The van der Waals surface area contributed by atoms with Gasteiger partial charge in [0, 0.05) is 37.4 Å². The van der Waals surface area contributed by atoms with E-state index in [1.54, 1.807) is 7.11 Å². The van der Waals surface area contributed by atoms with Crippen LogP contribution in [-0.2, 0) is 9.59 Å². The van der Waals surface area contributed by atoms with Crippen LogP contribution in [0.4, 0.5) is 5.69 Å². The molecule has 0 radical (unpaired) electrons. The van der Waals surface area contributed by atoms with E-state index in [1.165, 1.54) is 12.8 Å². The second-order valence-corrected chi connectivity index (χ2v) is 8.82. The number of methoxy groups -OCH3 is 1. The molecule has 1 saturated heterocycles. The molecule has 2 amide bonds. The maximum atomic E-state index is 12.5. The average molecular weight is 418 g/mol. The Kier molecular flexibility index (Phi) is 7.45. The number of ether oxygens (including phenoxy) is 2. The quantitative estimate of drug-likeness (QED) is 0.658. The largest absolute Gasteiger partial charge is 0.493 e. The number of carbonyl (C=O) groups is 2. The summed E-state index contributed by atoms with van der Waals surface area (Å²) in [6, 6.07) is 6.12. The van der Waals surface area contributed by atoms with Crippen LogP contribution in [0.3, 0.4) is 0 Å². The van der Waals surface area contributed by atoms with Gasteiger partial charge in [-0.3, -0.25) is 9.59 Å². The summed E-state index contributed by atoms with van der Waals surface area (Å²) >= 11 is 0. The van der Waals surface area contributed by atoms with Crippen LogP contribution in [0.2, 0.25) is 0 Å². The fourth-order valence-electron chi connectivity index (χ4n) is 4.55. The zero-order valence-electron chi connectivity index (χ0n) is 18.4. The molecule has 1 aromatic rings. The van der Waals surface area contributed by atoms with Gasteiger partial charge in [0.1, 0.15) is 6.42 Å². The molecule has 0 unspecified atom stereocenters. The van der Waals surface area contributed by atoms with Crippen molar-refractivity contribution in [1.29, 1.82) is 0 Å². The minimum absolute atomic E-state index is 0.0481. The molecule has 0 aromatic heterocycles. The van der Waals surface area contributed by atoms with Gasteiger partial charge < -0.3 is 25.0 Å². The number of primary amides is 1. The maximum Gasteiger partial charge on any atom is 0.232 e. The van der Waals surface area contributed by atoms with E-state index in [0.29, 0.717) is 19.0 Å². The molecule has 1 saturated carbocycles. The highest BCUT2D eigenvalue weighted by molar-refractivity contribution is 5.96. The van der Waals surface area contributed by atoms with Crippen molar-refractivity contribution in [1.82, 2.24) is 4.90 Å². The molecule has 3 rings (SSSR count). The molecule has 0 bridgehead atoms. The summed E-state index contributed by atoms with van der Waals surface area (Å²) in [5, 5.41) is 0. The van der Waals surface area contributed by atoms with Crippen molar-refractivity contribution in [3.63, 3.8) is 0 Å². The predicted molar refractivity (Wildman–Crippen MR) is 117 cm³/mol. The third-order valence-electron chi connectivity index (χ3n) is 5.98. The first-order valence-corrected chi connectivity index (χ1v) is 11.0. The molecule has 0 spiro atoms. The number of amides is 2. The lowest BCUT2D eigenvalue weighted by atomic mass is 9.99. The number of nitrogens with zero attached hydrogens (tertiary/aromatic N) is 2. The van der Waals surface area contributed by atoms with Gasteiger partial charge in [-0.1, -0.05) is 13.8 Å². The van der Waals surface area contributed by atoms with E-state index in [-0.39, 0.29) is 24.5 Å². The minimum Gasteiger partial charge on any atom is -0.493 e. The van der Waals surface area contributed by atoms with E-state index in [4.69, 9.17) is 15.2 Å². The van der Waals surface area contributed by atoms with Crippen molar-refractivity contribution in [3.05, 3.63) is 18.2 Å². The van der Waals surface area contributed by atoms with Crippen LogP contribution in [0.15, 0.2) is 18.2 Å². The molecule has 2 fully saturated rings. The van der Waals surface area contributed by atoms with Crippen molar-refractivity contribution in [2.75, 3.05) is 31.6 Å². The van der Waals surface area contributed by atoms with E-state index in [1.807, 2.05) is 17.0 Å². The Labute approximate surface area is 179 Å². The SMILES string of the molecule is COc1ccc(N2CCN(C(=O)CC(N)=O)[C@@H](CC(C)C)C2)cc1OC1CCCC1. The molecule has 1 heterocycles. The van der Waals surface area contributed by atoms with Gasteiger partial charge in [0.05, 0.1) is 13.2 Å². The fraction of sp³-hybridized carbons (Fsp3) is 0.652. The van der Waals surface area contributed by atoms with Gasteiger partial charge >= 0.3 is 0 Å². The number of nitrogens with two attached hydrogens (primary N) is 1. The minimum atomic E-state index is -0.574. The van der Waals surface area contributed by atoms with E-state index < -0.39 is 5.91 Å². The fourth-order valence-corrected chi connectivity index (χ4v) is 4.55. The molecule has 1 aliphatic heterocycles. The first kappa shape index (κ1) is 22.2. The van der Waals surface area contributed by atoms with Crippen LogP contribution in [0, 0.1) is 5.92 Å². The van der Waals surface area contributed by atoms with E-state index in [9.17, 15) is 9.59 Å². The smallest absolute Gasteiger partial charge is 0.232 e. The Morgan fingerprint density at radius 2 is 1.90 bits per heavy atom. The lowest BCUT2D eigenvalue weighted by Gasteiger charge is -2.43. The number of hydrogen-bond acceptors (Lipinski definition) is 5. The van der Waals surface area contributed by atoms with Crippen LogP contribution < -0.4 is 20.1 Å². The summed E-state index contributed by atoms with van der Waals surface area (Å²) in [4.78, 5) is 27.9. The van der Waals surface area contributed by atoms with Gasteiger partial charge in [-0.05, 0) is 50.2 Å². The highest BCUT2D eigenvalue weighted by Gasteiger charge is 2.32. The van der Waals surface area contributed by atoms with Crippen LogP contribution in [-0.4, -0.2) is 55.6 Å². The maximum absolute atomic E-state index is 12.5. The summed E-state index contributed by atoms with van der Waals surface area (Å²) in [5.41, 5.74) is 6.32. The van der Waals surface area contributed by atoms with Crippen molar-refractivity contribution in [3.8, 4) is 11.5 Å². The van der Waals surface area contributed by atoms with Crippen LogP contribution in [0.25, 0.3) is 0 Å². The number of anilines is 1. The molecule has 2 N–H and O–H groups in total. The summed E-state index contributed by atoms with van der Waals surface area (Å²) in [5.74, 6) is 1.23. The molecule has 2 aliphatic rings. The normalized spacial score (nSPS) is 19.9. The first-order valence-electron chi connectivity index (χ1n) is 11.0. The predicted octanol–water partition coefficient (Wildman–Crippen LogP) is 2.96. The number of piperazine rings is 1. The monoisotopic (exact) mass is 417 g/mol. The zero-order valence-corrected chi connectivity index (χ0v) is 18.4. The number of benzene rings is 1. The molecule has 1 atom stereocenters. The summed E-state index contributed by atoms with van der Waals surface area (Å²) < 4.78 is 11.8. The zero-order chi connectivity index (χ0) is 21.7. The van der Waals surface area contributed by atoms with E-state index in [2.05, 4.69) is 24.8 Å². The highest BCUT2D eigenvalue weighted by atomic mass is 16.5. The van der Waals surface area contributed by atoms with Crippen molar-refractivity contribution in [2.45, 2.75) is 64.5 Å². The molecule has 1 aromatic carbocycles. The topological polar surface area (TPSA) is 85.1 Å². The van der Waals surface area contributed by atoms with Gasteiger partial charge in [0.15, 0.2) is 11.5 Å². The molecule has 30 heavy (non-hydrogen) atoms. The summed E-state index contributed by atoms with van der Waals surface area (Å²) in [7, 11) is 1.66. The van der Waals surface area contributed by atoms with Crippen molar-refractivity contribution >= 4 is 17.5 Å². The van der Waals surface area contributed by atoms with E-state index >= 15 is 0 Å². The Hall–Kier alpha value is -2.44. The standard InChI is InChI=1S/C23H35N3O4/c1-16(2)12-18-15-25(10-11-26(18)23(28)14-22(24)27)17-8-9-20(29-3)21(13-17)30-19-6-4-5-7-19/h8-9,13,16,18-19H,4-7,10-12,14-15H2,1-3H3,(H2,24,27)/t18-/m0/s1. The molecule has 7 nitrogen and oxygen atoms in total. The second kappa shape index (κ2) is 10.0.